The van der Waals surface area contributed by atoms with Gasteiger partial charge in [-0.2, -0.15) is 5.10 Å². The average Bonchev–Trinajstić information content (AvgIpc) is 3.15. The van der Waals surface area contributed by atoms with Crippen molar-refractivity contribution < 1.29 is 14.6 Å². The van der Waals surface area contributed by atoms with Crippen LogP contribution in [0.15, 0.2) is 35.1 Å². The van der Waals surface area contributed by atoms with Gasteiger partial charge in [0.25, 0.3) is 0 Å². The molecule has 0 bridgehead atoms. The summed E-state index contributed by atoms with van der Waals surface area (Å²) in [5.74, 6) is -0.952. The van der Waals surface area contributed by atoms with Gasteiger partial charge in [-0.15, -0.1) is 0 Å². The van der Waals surface area contributed by atoms with E-state index < -0.39 is 14.0 Å². The van der Waals surface area contributed by atoms with Crippen LogP contribution < -0.4 is 0 Å². The molecular weight excluding hydrogens is 426 g/mol. The van der Waals surface area contributed by atoms with Crippen molar-refractivity contribution in [2.75, 3.05) is 6.61 Å². The number of rotatable bonds is 7. The van der Waals surface area contributed by atoms with E-state index in [1.807, 2.05) is 23.9 Å². The van der Waals surface area contributed by atoms with Crippen molar-refractivity contribution in [1.82, 2.24) is 14.3 Å². The van der Waals surface area contributed by atoms with E-state index in [1.54, 1.807) is 23.0 Å². The molecule has 144 valence electrons. The lowest BCUT2D eigenvalue weighted by Gasteiger charge is -2.17. The quantitative estimate of drug-likeness (QED) is 0.414. The van der Waals surface area contributed by atoms with Gasteiger partial charge in [-0.1, -0.05) is 35.6 Å². The average molecular weight is 450 g/mol. The molecule has 0 radical (unpaired) electrons. The van der Waals surface area contributed by atoms with Gasteiger partial charge in [-0.25, -0.2) is 4.79 Å². The van der Waals surface area contributed by atoms with Crippen molar-refractivity contribution in [3.63, 3.8) is 0 Å². The van der Waals surface area contributed by atoms with Crippen molar-refractivity contribution >= 4 is 40.9 Å². The Balaban J connectivity index is 2.08. The molecule has 0 saturated heterocycles. The highest BCUT2D eigenvalue weighted by Gasteiger charge is 2.20. The Morgan fingerprint density at radius 2 is 2.07 bits per heavy atom. The summed E-state index contributed by atoms with van der Waals surface area (Å²) < 4.78 is 10.5. The van der Waals surface area contributed by atoms with Crippen LogP contribution in [0.2, 0.25) is 25.7 Å². The molecule has 6 nitrogen and oxygen atoms in total. The van der Waals surface area contributed by atoms with Crippen LogP contribution in [0.25, 0.3) is 22.2 Å². The van der Waals surface area contributed by atoms with E-state index in [1.165, 1.54) is 0 Å². The molecule has 0 fully saturated rings. The van der Waals surface area contributed by atoms with Crippen molar-refractivity contribution in [3.8, 4) is 11.3 Å². The van der Waals surface area contributed by atoms with E-state index in [2.05, 4.69) is 40.7 Å². The zero-order valence-corrected chi connectivity index (χ0v) is 18.6. The van der Waals surface area contributed by atoms with Crippen LogP contribution in [-0.4, -0.2) is 40.1 Å². The number of fused-ring (bicyclic) bond motifs is 1. The second-order valence-electron chi connectivity index (χ2n) is 7.87. The number of carbonyl (C=O) groups is 1. The summed E-state index contributed by atoms with van der Waals surface area (Å²) >= 11 is 3.55. The van der Waals surface area contributed by atoms with E-state index in [-0.39, 0.29) is 5.56 Å². The molecule has 3 aromatic rings. The zero-order chi connectivity index (χ0) is 19.8. The van der Waals surface area contributed by atoms with Gasteiger partial charge in [-0.05, 0) is 24.2 Å². The number of benzene rings is 1. The summed E-state index contributed by atoms with van der Waals surface area (Å²) in [5.41, 5.74) is 2.73. The molecule has 0 aliphatic rings. The summed E-state index contributed by atoms with van der Waals surface area (Å²) in [7, 11) is 0.667. The van der Waals surface area contributed by atoms with Gasteiger partial charge < -0.3 is 14.4 Å². The summed E-state index contributed by atoms with van der Waals surface area (Å²) in [6, 6.07) is 6.45. The number of carboxylic acid groups (broad SMARTS) is 1. The third-order valence-corrected chi connectivity index (χ3v) is 6.85. The third kappa shape index (κ3) is 4.34. The van der Waals surface area contributed by atoms with Gasteiger partial charge in [-0.3, -0.25) is 4.68 Å². The minimum atomic E-state index is -1.19. The summed E-state index contributed by atoms with van der Waals surface area (Å²) in [6.07, 6.45) is 3.70. The van der Waals surface area contributed by atoms with Crippen molar-refractivity contribution in [3.05, 3.63) is 40.6 Å². The van der Waals surface area contributed by atoms with Crippen LogP contribution in [0.3, 0.4) is 0 Å². The Hall–Kier alpha value is -1.90. The van der Waals surface area contributed by atoms with E-state index in [9.17, 15) is 9.90 Å². The fourth-order valence-corrected chi connectivity index (χ4v) is 4.17. The van der Waals surface area contributed by atoms with Crippen molar-refractivity contribution in [1.29, 1.82) is 0 Å². The van der Waals surface area contributed by atoms with Gasteiger partial charge in [0.1, 0.15) is 6.73 Å². The molecular formula is C19H24BrN3O3Si. The van der Waals surface area contributed by atoms with E-state index >= 15 is 0 Å². The zero-order valence-electron chi connectivity index (χ0n) is 16.0. The summed E-state index contributed by atoms with van der Waals surface area (Å²) in [4.78, 5) is 11.8. The van der Waals surface area contributed by atoms with Gasteiger partial charge in [0.2, 0.25) is 0 Å². The number of hydrogen-bond donors (Lipinski definition) is 1. The Bertz CT molecular complexity index is 988. The standard InChI is InChI=1S/C19H24BrN3O3Si/c1-22-11-13(10-21-22)17-9-15-16(20)6-5-14(19(24)25)18(15)23(17)12-26-7-8-27(2,3)4/h5-6,9-11H,7-8,12H2,1-4H3,(H,24,25). The van der Waals surface area contributed by atoms with Crippen molar-refractivity contribution in [2.45, 2.75) is 32.4 Å². The predicted molar refractivity (Wildman–Crippen MR) is 113 cm³/mol. The first-order valence-electron chi connectivity index (χ1n) is 8.79. The first kappa shape index (κ1) is 19.8. The lowest BCUT2D eigenvalue weighted by Crippen LogP contribution is -2.22. The predicted octanol–water partition coefficient (Wildman–Crippen LogP) is 4.81. The molecule has 27 heavy (non-hydrogen) atoms. The Morgan fingerprint density at radius 3 is 2.67 bits per heavy atom. The number of ether oxygens (including phenoxy) is 1. The van der Waals surface area contributed by atoms with Gasteiger partial charge in [0, 0.05) is 43.3 Å². The molecule has 1 aromatic carbocycles. The molecule has 0 aliphatic heterocycles. The van der Waals surface area contributed by atoms with Crippen LogP contribution in [0, 0.1) is 0 Å². The summed E-state index contributed by atoms with van der Waals surface area (Å²) in [5, 5.41) is 14.8. The lowest BCUT2D eigenvalue weighted by molar-refractivity contribution is 0.0696. The van der Waals surface area contributed by atoms with E-state index in [0.29, 0.717) is 18.9 Å². The molecule has 1 N–H and O–H groups in total. The Kier molecular flexibility index (Phi) is 5.59. The highest BCUT2D eigenvalue weighted by Crippen LogP contribution is 2.35. The maximum absolute atomic E-state index is 11.8. The van der Waals surface area contributed by atoms with Crippen LogP contribution in [0.5, 0.6) is 0 Å². The molecule has 0 saturated carbocycles. The fraction of sp³-hybridized carbons (Fsp3) is 0.368. The largest absolute Gasteiger partial charge is 0.478 e. The smallest absolute Gasteiger partial charge is 0.337 e. The highest BCUT2D eigenvalue weighted by atomic mass is 79.9. The first-order chi connectivity index (χ1) is 12.7. The molecule has 2 aromatic heterocycles. The number of hydrogen-bond acceptors (Lipinski definition) is 3. The monoisotopic (exact) mass is 449 g/mol. The number of aromatic nitrogens is 3. The Labute approximate surface area is 167 Å². The lowest BCUT2D eigenvalue weighted by atomic mass is 10.1. The van der Waals surface area contributed by atoms with Gasteiger partial charge >= 0.3 is 5.97 Å². The first-order valence-corrected chi connectivity index (χ1v) is 13.3. The number of aromatic carboxylic acids is 1. The molecule has 0 amide bonds. The maximum atomic E-state index is 11.8. The third-order valence-electron chi connectivity index (χ3n) is 4.45. The van der Waals surface area contributed by atoms with Gasteiger partial charge in [0.05, 0.1) is 23.0 Å². The molecule has 0 unspecified atom stereocenters. The second-order valence-corrected chi connectivity index (χ2v) is 14.3. The summed E-state index contributed by atoms with van der Waals surface area (Å²) in [6.45, 7) is 7.89. The van der Waals surface area contributed by atoms with Crippen LogP contribution in [0.4, 0.5) is 0 Å². The fourth-order valence-electron chi connectivity index (χ4n) is 2.98. The highest BCUT2D eigenvalue weighted by molar-refractivity contribution is 9.10. The molecule has 0 atom stereocenters. The molecule has 0 aliphatic carbocycles. The van der Waals surface area contributed by atoms with E-state index in [0.717, 1.165) is 27.2 Å². The minimum Gasteiger partial charge on any atom is -0.478 e. The molecule has 2 heterocycles. The van der Waals surface area contributed by atoms with Gasteiger partial charge in [0.15, 0.2) is 0 Å². The SMILES string of the molecule is Cn1cc(-c2cc3c(Br)ccc(C(=O)O)c3n2COCC[Si](C)(C)C)cn1. The van der Waals surface area contributed by atoms with Crippen LogP contribution >= 0.6 is 15.9 Å². The topological polar surface area (TPSA) is 69.3 Å². The maximum Gasteiger partial charge on any atom is 0.337 e. The van der Waals surface area contributed by atoms with Crippen molar-refractivity contribution in [2.24, 2.45) is 7.05 Å². The van der Waals surface area contributed by atoms with Crippen LogP contribution in [0.1, 0.15) is 10.4 Å². The second kappa shape index (κ2) is 7.61. The normalized spacial score (nSPS) is 12.0. The number of aryl methyl sites for hydroxylation is 1. The van der Waals surface area contributed by atoms with Crippen LogP contribution in [-0.2, 0) is 18.5 Å². The number of halogens is 1. The minimum absolute atomic E-state index is 0.261. The number of nitrogens with zero attached hydrogens (tertiary/aromatic N) is 3. The Morgan fingerprint density at radius 1 is 1.33 bits per heavy atom. The molecule has 3 rings (SSSR count). The molecule has 8 heteroatoms. The molecule has 0 spiro atoms. The number of carboxylic acids is 1. The van der Waals surface area contributed by atoms with E-state index in [4.69, 9.17) is 4.74 Å².